The molecule has 28 heavy (non-hydrogen) atoms. The van der Waals surface area contributed by atoms with E-state index in [1.54, 1.807) is 13.3 Å². The summed E-state index contributed by atoms with van der Waals surface area (Å²) in [6.07, 6.45) is 4.65. The molecular formula is C22H21Cl2N3O. The Morgan fingerprint density at radius 1 is 1.07 bits per heavy atom. The van der Waals surface area contributed by atoms with Crippen molar-refractivity contribution in [3.63, 3.8) is 0 Å². The van der Waals surface area contributed by atoms with Gasteiger partial charge in [0.1, 0.15) is 11.3 Å². The number of methoxy groups -OCH3 is 1. The number of nitrogens with two attached hydrogens (primary N) is 1. The molecule has 0 aliphatic rings. The van der Waals surface area contributed by atoms with E-state index in [4.69, 9.17) is 33.7 Å². The van der Waals surface area contributed by atoms with Crippen LogP contribution in [0.15, 0.2) is 42.6 Å². The van der Waals surface area contributed by atoms with Crippen molar-refractivity contribution >= 4 is 45.0 Å². The van der Waals surface area contributed by atoms with Crippen molar-refractivity contribution in [1.29, 1.82) is 0 Å². The first-order valence-electron chi connectivity index (χ1n) is 9.26. The molecule has 2 aromatic carbocycles. The number of aryl methyl sites for hydroxylation is 1. The Labute approximate surface area is 173 Å². The number of unbranched alkanes of at least 4 members (excludes halogenated alkanes) is 1. The number of nitrogens with zero attached hydrogens (tertiary/aromatic N) is 1. The number of ether oxygens (including phenoxy) is 1. The highest BCUT2D eigenvalue weighted by Gasteiger charge is 2.19. The fraction of sp³-hybridized carbons (Fsp3) is 0.227. The predicted octanol–water partition coefficient (Wildman–Crippen LogP) is 5.98. The summed E-state index contributed by atoms with van der Waals surface area (Å²) in [5, 5.41) is 3.20. The lowest BCUT2D eigenvalue weighted by Crippen LogP contribution is -1.99. The molecule has 0 bridgehead atoms. The van der Waals surface area contributed by atoms with Crippen LogP contribution in [0.25, 0.3) is 33.1 Å². The van der Waals surface area contributed by atoms with Gasteiger partial charge in [-0.05, 0) is 55.6 Å². The SMILES string of the molecule is COc1ccc(-c2[nH]c3c(Cl)c(Cl)ccc3c2CCCCN)c2cccnc12. The highest BCUT2D eigenvalue weighted by atomic mass is 35.5. The van der Waals surface area contributed by atoms with E-state index in [1.165, 1.54) is 5.56 Å². The lowest BCUT2D eigenvalue weighted by Gasteiger charge is -2.11. The minimum Gasteiger partial charge on any atom is -0.494 e. The first-order valence-corrected chi connectivity index (χ1v) is 10.0. The molecule has 0 saturated carbocycles. The zero-order valence-corrected chi connectivity index (χ0v) is 17.1. The number of fused-ring (bicyclic) bond motifs is 2. The molecule has 0 saturated heterocycles. The lowest BCUT2D eigenvalue weighted by molar-refractivity contribution is 0.419. The number of halogens is 2. The van der Waals surface area contributed by atoms with E-state index in [0.717, 1.165) is 58.1 Å². The zero-order chi connectivity index (χ0) is 19.7. The van der Waals surface area contributed by atoms with Crippen LogP contribution in [-0.2, 0) is 6.42 Å². The molecule has 4 nitrogen and oxygen atoms in total. The van der Waals surface area contributed by atoms with Crippen molar-refractivity contribution in [2.45, 2.75) is 19.3 Å². The molecule has 0 amide bonds. The molecule has 4 aromatic rings. The third-order valence-electron chi connectivity index (χ3n) is 5.07. The average molecular weight is 414 g/mol. The third kappa shape index (κ3) is 3.22. The fourth-order valence-corrected chi connectivity index (χ4v) is 4.09. The van der Waals surface area contributed by atoms with E-state index >= 15 is 0 Å². The number of nitrogens with one attached hydrogen (secondary N) is 1. The van der Waals surface area contributed by atoms with Crippen LogP contribution in [0.5, 0.6) is 5.75 Å². The first-order chi connectivity index (χ1) is 13.7. The molecule has 0 radical (unpaired) electrons. The Hall–Kier alpha value is -2.27. The van der Waals surface area contributed by atoms with Crippen LogP contribution in [0.1, 0.15) is 18.4 Å². The number of aromatic amines is 1. The largest absolute Gasteiger partial charge is 0.494 e. The summed E-state index contributed by atoms with van der Waals surface area (Å²) in [6.45, 7) is 0.680. The van der Waals surface area contributed by atoms with E-state index in [0.29, 0.717) is 16.6 Å². The Balaban J connectivity index is 1.99. The number of aromatic nitrogens is 2. The van der Waals surface area contributed by atoms with Gasteiger partial charge >= 0.3 is 0 Å². The van der Waals surface area contributed by atoms with Crippen LogP contribution in [0.3, 0.4) is 0 Å². The molecule has 144 valence electrons. The van der Waals surface area contributed by atoms with Crippen LogP contribution in [0.2, 0.25) is 10.0 Å². The summed E-state index contributed by atoms with van der Waals surface area (Å²) in [4.78, 5) is 8.06. The van der Waals surface area contributed by atoms with Crippen molar-refractivity contribution in [3.05, 3.63) is 58.2 Å². The van der Waals surface area contributed by atoms with Gasteiger partial charge < -0.3 is 15.5 Å². The Morgan fingerprint density at radius 3 is 2.71 bits per heavy atom. The molecule has 3 N–H and O–H groups in total. The highest BCUT2D eigenvalue weighted by Crippen LogP contribution is 2.40. The van der Waals surface area contributed by atoms with Gasteiger partial charge in [0.05, 0.1) is 28.4 Å². The standard InChI is InChI=1S/C22H21Cl2N3O/c1-28-18-10-8-15(14-6-4-12-26-21(14)18)20-13(5-2-3-11-25)16-7-9-17(23)19(24)22(16)27-20/h4,6-10,12,27H,2-3,5,11,25H2,1H3. The maximum atomic E-state index is 6.51. The van der Waals surface area contributed by atoms with Gasteiger partial charge in [0.2, 0.25) is 0 Å². The van der Waals surface area contributed by atoms with Gasteiger partial charge in [-0.15, -0.1) is 0 Å². The second-order valence-corrected chi connectivity index (χ2v) is 7.51. The molecule has 2 heterocycles. The number of hydrogen-bond donors (Lipinski definition) is 2. The Bertz CT molecular complexity index is 1150. The lowest BCUT2D eigenvalue weighted by atomic mass is 9.97. The molecular weight excluding hydrogens is 393 g/mol. The van der Waals surface area contributed by atoms with Crippen molar-refractivity contribution < 1.29 is 4.74 Å². The van der Waals surface area contributed by atoms with E-state index in [1.807, 2.05) is 24.3 Å². The summed E-state index contributed by atoms with van der Waals surface area (Å²) >= 11 is 12.8. The quantitative estimate of drug-likeness (QED) is 0.382. The fourth-order valence-electron chi connectivity index (χ4n) is 3.72. The summed E-state index contributed by atoms with van der Waals surface area (Å²) in [5.74, 6) is 0.751. The number of H-pyrrole nitrogens is 1. The van der Waals surface area contributed by atoms with Crippen LogP contribution in [0.4, 0.5) is 0 Å². The molecule has 0 atom stereocenters. The number of benzene rings is 2. The van der Waals surface area contributed by atoms with Crippen molar-refractivity contribution in [2.24, 2.45) is 5.73 Å². The number of pyridine rings is 1. The second kappa shape index (κ2) is 8.00. The number of hydrogen-bond acceptors (Lipinski definition) is 3. The number of rotatable bonds is 6. The van der Waals surface area contributed by atoms with Crippen LogP contribution in [-0.4, -0.2) is 23.6 Å². The maximum Gasteiger partial charge on any atom is 0.145 e. The summed E-state index contributed by atoms with van der Waals surface area (Å²) in [6, 6.07) is 11.9. The van der Waals surface area contributed by atoms with Gasteiger partial charge in [-0.2, -0.15) is 0 Å². The molecule has 0 spiro atoms. The van der Waals surface area contributed by atoms with Gasteiger partial charge in [0.15, 0.2) is 0 Å². The van der Waals surface area contributed by atoms with Crippen LogP contribution < -0.4 is 10.5 Å². The molecule has 0 fully saturated rings. The van der Waals surface area contributed by atoms with Crippen molar-refractivity contribution in [1.82, 2.24) is 9.97 Å². The van der Waals surface area contributed by atoms with Gasteiger partial charge in [0.25, 0.3) is 0 Å². The summed E-state index contributed by atoms with van der Waals surface area (Å²) in [5.41, 5.74) is 10.7. The van der Waals surface area contributed by atoms with Crippen molar-refractivity contribution in [3.8, 4) is 17.0 Å². The highest BCUT2D eigenvalue weighted by molar-refractivity contribution is 6.45. The van der Waals surface area contributed by atoms with E-state index < -0.39 is 0 Å². The van der Waals surface area contributed by atoms with Gasteiger partial charge in [-0.1, -0.05) is 35.3 Å². The molecule has 6 heteroatoms. The Kier molecular flexibility index (Phi) is 5.44. The van der Waals surface area contributed by atoms with Gasteiger partial charge in [-0.3, -0.25) is 4.98 Å². The van der Waals surface area contributed by atoms with E-state index in [2.05, 4.69) is 22.1 Å². The van der Waals surface area contributed by atoms with E-state index in [9.17, 15) is 0 Å². The van der Waals surface area contributed by atoms with Crippen LogP contribution in [0, 0.1) is 0 Å². The predicted molar refractivity (Wildman–Crippen MR) is 118 cm³/mol. The zero-order valence-electron chi connectivity index (χ0n) is 15.6. The average Bonchev–Trinajstić information content (AvgIpc) is 3.09. The minimum atomic E-state index is 0.539. The third-order valence-corrected chi connectivity index (χ3v) is 5.88. The molecule has 4 rings (SSSR count). The topological polar surface area (TPSA) is 63.9 Å². The van der Waals surface area contributed by atoms with Gasteiger partial charge in [0, 0.05) is 22.5 Å². The second-order valence-electron chi connectivity index (χ2n) is 6.72. The molecule has 0 aliphatic carbocycles. The molecule has 0 aliphatic heterocycles. The summed E-state index contributed by atoms with van der Waals surface area (Å²) in [7, 11) is 1.66. The molecule has 0 unspecified atom stereocenters. The molecule has 2 aromatic heterocycles. The summed E-state index contributed by atoms with van der Waals surface area (Å²) < 4.78 is 5.50. The van der Waals surface area contributed by atoms with Gasteiger partial charge in [-0.25, -0.2) is 0 Å². The van der Waals surface area contributed by atoms with E-state index in [-0.39, 0.29) is 0 Å². The maximum absolute atomic E-state index is 6.51. The normalized spacial score (nSPS) is 11.4. The smallest absolute Gasteiger partial charge is 0.145 e. The Morgan fingerprint density at radius 2 is 1.93 bits per heavy atom. The monoisotopic (exact) mass is 413 g/mol. The first kappa shape index (κ1) is 19.1. The van der Waals surface area contributed by atoms with Crippen molar-refractivity contribution in [2.75, 3.05) is 13.7 Å². The minimum absolute atomic E-state index is 0.539. The van der Waals surface area contributed by atoms with Crippen LogP contribution >= 0.6 is 23.2 Å².